The predicted octanol–water partition coefficient (Wildman–Crippen LogP) is 2.71. The van der Waals surface area contributed by atoms with Gasteiger partial charge in [-0.25, -0.2) is 0 Å². The van der Waals surface area contributed by atoms with Crippen molar-refractivity contribution in [2.75, 3.05) is 26.9 Å². The fourth-order valence-electron chi connectivity index (χ4n) is 3.65. The highest BCUT2D eigenvalue weighted by Crippen LogP contribution is 2.36. The Bertz CT molecular complexity index is 995. The molecule has 1 aliphatic rings. The number of benzene rings is 2. The minimum atomic E-state index is -0.669. The van der Waals surface area contributed by atoms with Crippen molar-refractivity contribution in [1.82, 2.24) is 4.90 Å². The summed E-state index contributed by atoms with van der Waals surface area (Å²) < 4.78 is 16.0. The lowest BCUT2D eigenvalue weighted by Crippen LogP contribution is -2.37. The van der Waals surface area contributed by atoms with E-state index in [9.17, 15) is 24.8 Å². The van der Waals surface area contributed by atoms with Crippen LogP contribution in [0.5, 0.6) is 11.5 Å². The number of carbonyl (C=O) groups is 2. The van der Waals surface area contributed by atoms with Gasteiger partial charge < -0.3 is 24.2 Å². The lowest BCUT2D eigenvalue weighted by atomic mass is 10.1. The van der Waals surface area contributed by atoms with Crippen molar-refractivity contribution in [3.63, 3.8) is 0 Å². The van der Waals surface area contributed by atoms with Crippen LogP contribution in [0.2, 0.25) is 0 Å². The van der Waals surface area contributed by atoms with Gasteiger partial charge >= 0.3 is 5.97 Å². The van der Waals surface area contributed by atoms with E-state index in [4.69, 9.17) is 14.2 Å². The van der Waals surface area contributed by atoms with Crippen molar-refractivity contribution >= 4 is 17.6 Å². The maximum absolute atomic E-state index is 13.0. The highest BCUT2D eigenvalue weighted by molar-refractivity contribution is 5.99. The van der Waals surface area contributed by atoms with E-state index in [2.05, 4.69) is 0 Å². The molecule has 33 heavy (non-hydrogen) atoms. The molecule has 0 radical (unpaired) electrons. The number of esters is 1. The highest BCUT2D eigenvalue weighted by atomic mass is 16.6. The fraction of sp³-hybridized carbons (Fsp3) is 0.391. The van der Waals surface area contributed by atoms with Gasteiger partial charge in [0.05, 0.1) is 43.8 Å². The Morgan fingerprint density at radius 1 is 1.21 bits per heavy atom. The van der Waals surface area contributed by atoms with Gasteiger partial charge in [0.15, 0.2) is 11.5 Å². The summed E-state index contributed by atoms with van der Waals surface area (Å²) in [6.07, 6.45) is 1.27. The van der Waals surface area contributed by atoms with Crippen molar-refractivity contribution in [2.45, 2.75) is 31.9 Å². The monoisotopic (exact) mass is 458 g/mol. The van der Waals surface area contributed by atoms with E-state index < -0.39 is 22.5 Å². The van der Waals surface area contributed by atoms with Crippen LogP contribution in [0.4, 0.5) is 5.69 Å². The molecule has 2 aromatic carbocycles. The molecule has 0 saturated carbocycles. The number of nitro groups is 1. The molecule has 10 nitrogen and oxygen atoms in total. The highest BCUT2D eigenvalue weighted by Gasteiger charge is 2.34. The van der Waals surface area contributed by atoms with E-state index in [1.807, 2.05) is 30.3 Å². The molecular weight excluding hydrogens is 432 g/mol. The number of amides is 1. The third-order valence-electron chi connectivity index (χ3n) is 5.36. The van der Waals surface area contributed by atoms with Gasteiger partial charge in [0, 0.05) is 12.6 Å². The minimum absolute atomic E-state index is 0.0386. The smallest absolute Gasteiger partial charge is 0.309 e. The second-order valence-corrected chi connectivity index (χ2v) is 7.50. The second-order valence-electron chi connectivity index (χ2n) is 7.50. The number of methoxy groups -OCH3 is 1. The fourth-order valence-corrected chi connectivity index (χ4v) is 3.65. The van der Waals surface area contributed by atoms with Crippen LogP contribution in [0.15, 0.2) is 42.5 Å². The molecule has 0 bridgehead atoms. The first-order valence-corrected chi connectivity index (χ1v) is 10.5. The van der Waals surface area contributed by atoms with E-state index in [1.54, 1.807) is 0 Å². The standard InChI is InChI=1S/C23H26N2O8/c1-31-20-12-18(23(28)24-10-5-8-17(24)14-26)19(25(29)30)13-21(20)32-11-9-22(27)33-15-16-6-3-2-4-7-16/h2-4,6-7,12-13,17,26H,5,8-11,14-15H2,1H3/t17-/m0/s1. The molecule has 1 fully saturated rings. The van der Waals surface area contributed by atoms with Crippen molar-refractivity contribution in [3.8, 4) is 11.5 Å². The lowest BCUT2D eigenvalue weighted by Gasteiger charge is -2.23. The number of nitro benzene ring substituents is 1. The van der Waals surface area contributed by atoms with Crippen LogP contribution in [-0.2, 0) is 16.1 Å². The molecule has 1 saturated heterocycles. The van der Waals surface area contributed by atoms with Crippen molar-refractivity contribution in [3.05, 3.63) is 63.7 Å². The predicted molar refractivity (Wildman–Crippen MR) is 117 cm³/mol. The molecule has 0 spiro atoms. The SMILES string of the molecule is COc1cc(C(=O)N2CCC[C@H]2CO)c([N+](=O)[O-])cc1OCCC(=O)OCc1ccccc1. The van der Waals surface area contributed by atoms with E-state index in [0.29, 0.717) is 19.4 Å². The van der Waals surface area contributed by atoms with Crippen LogP contribution >= 0.6 is 0 Å². The third kappa shape index (κ3) is 5.98. The van der Waals surface area contributed by atoms with Gasteiger partial charge in [-0.05, 0) is 18.4 Å². The molecule has 0 unspecified atom stereocenters. The first-order chi connectivity index (χ1) is 15.9. The topological polar surface area (TPSA) is 128 Å². The van der Waals surface area contributed by atoms with Crippen LogP contribution in [0, 0.1) is 10.1 Å². The van der Waals surface area contributed by atoms with Gasteiger partial charge in [0.2, 0.25) is 0 Å². The molecule has 1 aliphatic heterocycles. The summed E-state index contributed by atoms with van der Waals surface area (Å²) in [5.74, 6) is -0.867. The van der Waals surface area contributed by atoms with Crippen LogP contribution in [0.1, 0.15) is 35.2 Å². The third-order valence-corrected chi connectivity index (χ3v) is 5.36. The number of hydrogen-bond acceptors (Lipinski definition) is 8. The number of rotatable bonds is 10. The Kier molecular flexibility index (Phi) is 8.20. The largest absolute Gasteiger partial charge is 0.493 e. The Hall–Kier alpha value is -3.66. The number of ether oxygens (including phenoxy) is 3. The lowest BCUT2D eigenvalue weighted by molar-refractivity contribution is -0.385. The van der Waals surface area contributed by atoms with Gasteiger partial charge in [-0.3, -0.25) is 19.7 Å². The summed E-state index contributed by atoms with van der Waals surface area (Å²) in [6.45, 7) is 0.245. The molecule has 1 N–H and O–H groups in total. The van der Waals surface area contributed by atoms with Crippen LogP contribution in [-0.4, -0.2) is 59.7 Å². The Morgan fingerprint density at radius 3 is 2.64 bits per heavy atom. The van der Waals surface area contributed by atoms with Gasteiger partial charge in [0.25, 0.3) is 11.6 Å². The molecule has 176 valence electrons. The summed E-state index contributed by atoms with van der Waals surface area (Å²) in [4.78, 5) is 37.4. The number of aliphatic hydroxyl groups is 1. The molecule has 0 aliphatic carbocycles. The van der Waals surface area contributed by atoms with Crippen LogP contribution in [0.3, 0.4) is 0 Å². The second kappa shape index (κ2) is 11.3. The quantitative estimate of drug-likeness (QED) is 0.327. The first kappa shape index (κ1) is 24.0. The van der Waals surface area contributed by atoms with Crippen LogP contribution < -0.4 is 9.47 Å². The molecule has 0 aromatic heterocycles. The van der Waals surface area contributed by atoms with Crippen molar-refractivity contribution < 1.29 is 33.8 Å². The summed E-state index contributed by atoms with van der Waals surface area (Å²) in [5, 5.41) is 21.2. The normalized spacial score (nSPS) is 15.2. The van der Waals surface area contributed by atoms with Gasteiger partial charge in [0.1, 0.15) is 12.2 Å². The van der Waals surface area contributed by atoms with Crippen molar-refractivity contribution in [2.24, 2.45) is 0 Å². The summed E-state index contributed by atoms with van der Waals surface area (Å²) in [6, 6.07) is 11.2. The number of nitrogens with zero attached hydrogens (tertiary/aromatic N) is 2. The molecule has 2 aromatic rings. The van der Waals surface area contributed by atoms with E-state index in [0.717, 1.165) is 11.6 Å². The zero-order valence-electron chi connectivity index (χ0n) is 18.3. The van der Waals surface area contributed by atoms with E-state index in [1.165, 1.54) is 18.1 Å². The average Bonchev–Trinajstić information content (AvgIpc) is 3.31. The van der Waals surface area contributed by atoms with Gasteiger partial charge in [-0.15, -0.1) is 0 Å². The maximum Gasteiger partial charge on any atom is 0.309 e. The number of aliphatic hydroxyl groups excluding tert-OH is 1. The number of hydrogen-bond donors (Lipinski definition) is 1. The van der Waals surface area contributed by atoms with Gasteiger partial charge in [-0.2, -0.15) is 0 Å². The average molecular weight is 458 g/mol. The molecule has 1 heterocycles. The summed E-state index contributed by atoms with van der Waals surface area (Å²) in [5.41, 5.74) is 0.267. The molecule has 1 atom stereocenters. The van der Waals surface area contributed by atoms with Crippen molar-refractivity contribution in [1.29, 1.82) is 0 Å². The first-order valence-electron chi connectivity index (χ1n) is 10.5. The Morgan fingerprint density at radius 2 is 1.97 bits per heavy atom. The zero-order chi connectivity index (χ0) is 23.8. The molecular formula is C23H26N2O8. The van der Waals surface area contributed by atoms with E-state index in [-0.39, 0.29) is 49.3 Å². The Labute approximate surface area is 190 Å². The minimum Gasteiger partial charge on any atom is -0.493 e. The Balaban J connectivity index is 1.68. The molecule has 10 heteroatoms. The maximum atomic E-state index is 13.0. The number of carbonyl (C=O) groups excluding carboxylic acids is 2. The summed E-state index contributed by atoms with van der Waals surface area (Å²) >= 11 is 0. The zero-order valence-corrected chi connectivity index (χ0v) is 18.3. The summed E-state index contributed by atoms with van der Waals surface area (Å²) in [7, 11) is 1.35. The van der Waals surface area contributed by atoms with Crippen LogP contribution in [0.25, 0.3) is 0 Å². The number of likely N-dealkylation sites (tertiary alicyclic amines) is 1. The van der Waals surface area contributed by atoms with E-state index >= 15 is 0 Å². The van der Waals surface area contributed by atoms with Gasteiger partial charge in [-0.1, -0.05) is 30.3 Å². The molecule has 1 amide bonds. The molecule has 3 rings (SSSR count).